The summed E-state index contributed by atoms with van der Waals surface area (Å²) in [5.74, 6) is -0.373. The molecule has 0 bridgehead atoms. The van der Waals surface area contributed by atoms with Gasteiger partial charge in [-0.15, -0.1) is 0 Å². The van der Waals surface area contributed by atoms with Crippen molar-refractivity contribution >= 4 is 9.84 Å². The van der Waals surface area contributed by atoms with E-state index in [0.717, 1.165) is 6.26 Å². The third-order valence-corrected chi connectivity index (χ3v) is 3.13. The number of phenolic OH excluding ortho intramolecular Hbond substituents is 1. The van der Waals surface area contributed by atoms with Gasteiger partial charge in [-0.05, 0) is 17.7 Å². The Morgan fingerprint density at radius 3 is 2.47 bits per heavy atom. The van der Waals surface area contributed by atoms with Crippen LogP contribution in [-0.2, 0) is 9.84 Å². The summed E-state index contributed by atoms with van der Waals surface area (Å²) in [7, 11) is -3.45. The van der Waals surface area contributed by atoms with Crippen LogP contribution >= 0.6 is 0 Å². The maximum atomic E-state index is 11.2. The molecule has 0 amide bonds. The van der Waals surface area contributed by atoms with Gasteiger partial charge in [-0.25, -0.2) is 8.42 Å². The van der Waals surface area contributed by atoms with E-state index in [1.807, 2.05) is 0 Å². The van der Waals surface area contributed by atoms with Crippen molar-refractivity contribution in [3.05, 3.63) is 23.8 Å². The van der Waals surface area contributed by atoms with E-state index in [4.69, 9.17) is 5.73 Å². The number of benzene rings is 1. The van der Waals surface area contributed by atoms with Gasteiger partial charge in [-0.2, -0.15) is 0 Å². The van der Waals surface area contributed by atoms with Crippen LogP contribution in [0.5, 0.6) is 5.75 Å². The molecule has 0 saturated carbocycles. The van der Waals surface area contributed by atoms with Crippen LogP contribution in [0.15, 0.2) is 23.1 Å². The molecule has 1 atom stereocenters. The Morgan fingerprint density at radius 2 is 2.07 bits per heavy atom. The van der Waals surface area contributed by atoms with Crippen LogP contribution < -0.4 is 5.73 Å². The van der Waals surface area contributed by atoms with Crippen molar-refractivity contribution in [1.29, 1.82) is 0 Å². The second-order valence-electron chi connectivity index (χ2n) is 3.25. The highest BCUT2D eigenvalue weighted by atomic mass is 32.2. The second-order valence-corrected chi connectivity index (χ2v) is 5.23. The molecule has 0 aliphatic carbocycles. The predicted molar refractivity (Wildman–Crippen MR) is 55.2 cm³/mol. The first kappa shape index (κ1) is 12.0. The molecule has 5 nitrogen and oxygen atoms in total. The van der Waals surface area contributed by atoms with E-state index in [-0.39, 0.29) is 17.2 Å². The Bertz CT molecular complexity index is 455. The molecule has 0 aliphatic heterocycles. The van der Waals surface area contributed by atoms with Gasteiger partial charge in [0.05, 0.1) is 6.10 Å². The number of aliphatic hydroxyl groups is 1. The largest absolute Gasteiger partial charge is 0.507 e. The first-order valence-electron chi connectivity index (χ1n) is 4.27. The van der Waals surface area contributed by atoms with Crippen molar-refractivity contribution in [2.75, 3.05) is 12.8 Å². The van der Waals surface area contributed by atoms with Gasteiger partial charge in [-0.3, -0.25) is 0 Å². The number of rotatable bonds is 3. The van der Waals surface area contributed by atoms with E-state index < -0.39 is 15.9 Å². The van der Waals surface area contributed by atoms with Gasteiger partial charge in [0, 0.05) is 12.8 Å². The van der Waals surface area contributed by atoms with Crippen LogP contribution in [0.2, 0.25) is 0 Å². The van der Waals surface area contributed by atoms with Gasteiger partial charge >= 0.3 is 0 Å². The molecule has 0 spiro atoms. The Labute approximate surface area is 88.1 Å². The van der Waals surface area contributed by atoms with Crippen LogP contribution in [0.1, 0.15) is 11.7 Å². The summed E-state index contributed by atoms with van der Waals surface area (Å²) < 4.78 is 22.3. The summed E-state index contributed by atoms with van der Waals surface area (Å²) in [5.41, 5.74) is 5.62. The summed E-state index contributed by atoms with van der Waals surface area (Å²) in [4.78, 5) is -0.157. The maximum absolute atomic E-state index is 11.2. The van der Waals surface area contributed by atoms with Crippen molar-refractivity contribution in [3.63, 3.8) is 0 Å². The second kappa shape index (κ2) is 4.18. The SMILES string of the molecule is CS(=O)(=O)c1ccc(C(O)CN)cc1O. The van der Waals surface area contributed by atoms with E-state index in [1.165, 1.54) is 18.2 Å². The number of aliphatic hydroxyl groups excluding tert-OH is 1. The van der Waals surface area contributed by atoms with Gasteiger partial charge in [0.2, 0.25) is 0 Å². The highest BCUT2D eigenvalue weighted by Crippen LogP contribution is 2.26. The fourth-order valence-corrected chi connectivity index (χ4v) is 1.95. The summed E-state index contributed by atoms with van der Waals surface area (Å²) >= 11 is 0. The molecule has 6 heteroatoms. The van der Waals surface area contributed by atoms with Crippen molar-refractivity contribution in [1.82, 2.24) is 0 Å². The van der Waals surface area contributed by atoms with Gasteiger partial charge < -0.3 is 15.9 Å². The van der Waals surface area contributed by atoms with Gasteiger partial charge in [-0.1, -0.05) is 6.07 Å². The fraction of sp³-hybridized carbons (Fsp3) is 0.333. The van der Waals surface area contributed by atoms with E-state index in [9.17, 15) is 18.6 Å². The normalized spacial score (nSPS) is 13.8. The number of hydrogen-bond donors (Lipinski definition) is 3. The van der Waals surface area contributed by atoms with Crippen LogP contribution in [0, 0.1) is 0 Å². The van der Waals surface area contributed by atoms with Crippen molar-refractivity contribution in [2.24, 2.45) is 5.73 Å². The zero-order chi connectivity index (χ0) is 11.6. The Morgan fingerprint density at radius 1 is 1.47 bits per heavy atom. The van der Waals surface area contributed by atoms with Crippen molar-refractivity contribution < 1.29 is 18.6 Å². The number of phenols is 1. The first-order chi connectivity index (χ1) is 6.86. The minimum absolute atomic E-state index is 0.0116. The summed E-state index contributed by atoms with van der Waals surface area (Å²) in [6.07, 6.45) is 0.102. The quantitative estimate of drug-likeness (QED) is 0.668. The third-order valence-electron chi connectivity index (χ3n) is 1.99. The van der Waals surface area contributed by atoms with Crippen molar-refractivity contribution in [3.8, 4) is 5.75 Å². The third kappa shape index (κ3) is 2.68. The Hall–Kier alpha value is -1.11. The predicted octanol–water partition coefficient (Wildman–Crippen LogP) is -0.212. The van der Waals surface area contributed by atoms with Gasteiger partial charge in [0.1, 0.15) is 10.6 Å². The zero-order valence-electron chi connectivity index (χ0n) is 8.21. The average molecular weight is 231 g/mol. The highest BCUT2D eigenvalue weighted by molar-refractivity contribution is 7.90. The van der Waals surface area contributed by atoms with Crippen LogP contribution in [0.3, 0.4) is 0 Å². The molecule has 0 aromatic heterocycles. The van der Waals surface area contributed by atoms with E-state index >= 15 is 0 Å². The lowest BCUT2D eigenvalue weighted by Crippen LogP contribution is -2.11. The first-order valence-corrected chi connectivity index (χ1v) is 6.16. The number of nitrogens with two attached hydrogens (primary N) is 1. The van der Waals surface area contributed by atoms with Gasteiger partial charge in [0.25, 0.3) is 0 Å². The van der Waals surface area contributed by atoms with E-state index in [0.29, 0.717) is 5.56 Å². The average Bonchev–Trinajstić information content (AvgIpc) is 2.14. The lowest BCUT2D eigenvalue weighted by Gasteiger charge is -2.09. The van der Waals surface area contributed by atoms with Crippen LogP contribution in [0.4, 0.5) is 0 Å². The summed E-state index contributed by atoms with van der Waals surface area (Å²) in [6, 6.07) is 3.88. The highest BCUT2D eigenvalue weighted by Gasteiger charge is 2.15. The summed E-state index contributed by atoms with van der Waals surface area (Å²) in [6.45, 7) is 0.0116. The summed E-state index contributed by atoms with van der Waals surface area (Å²) in [5, 5.41) is 18.8. The topological polar surface area (TPSA) is 101 Å². The van der Waals surface area contributed by atoms with Gasteiger partial charge in [0.15, 0.2) is 9.84 Å². The smallest absolute Gasteiger partial charge is 0.179 e. The fourth-order valence-electron chi connectivity index (χ4n) is 1.19. The lowest BCUT2D eigenvalue weighted by atomic mass is 10.1. The molecule has 0 radical (unpaired) electrons. The molecular formula is C9H13NO4S. The molecule has 4 N–H and O–H groups in total. The molecule has 1 rings (SSSR count). The van der Waals surface area contributed by atoms with E-state index in [1.54, 1.807) is 0 Å². The minimum atomic E-state index is -3.45. The zero-order valence-corrected chi connectivity index (χ0v) is 9.03. The molecule has 0 fully saturated rings. The number of hydrogen-bond acceptors (Lipinski definition) is 5. The molecule has 1 unspecified atom stereocenters. The Kier molecular flexibility index (Phi) is 3.33. The minimum Gasteiger partial charge on any atom is -0.507 e. The standard InChI is InChI=1S/C9H13NO4S/c1-15(13,14)9-3-2-6(4-7(9)11)8(12)5-10/h2-4,8,11-12H,5,10H2,1H3. The van der Waals surface area contributed by atoms with Crippen LogP contribution in [-0.4, -0.2) is 31.4 Å². The molecule has 84 valence electrons. The molecule has 0 heterocycles. The molecule has 0 aliphatic rings. The Balaban J connectivity index is 3.21. The lowest BCUT2D eigenvalue weighted by molar-refractivity contribution is 0.186. The monoisotopic (exact) mass is 231 g/mol. The van der Waals surface area contributed by atoms with Crippen LogP contribution in [0.25, 0.3) is 0 Å². The maximum Gasteiger partial charge on any atom is 0.179 e. The van der Waals surface area contributed by atoms with Crippen molar-refractivity contribution in [2.45, 2.75) is 11.0 Å². The molecule has 0 saturated heterocycles. The molecule has 1 aromatic carbocycles. The molecule has 1 aromatic rings. The molecule has 15 heavy (non-hydrogen) atoms. The molecular weight excluding hydrogens is 218 g/mol. The number of aromatic hydroxyl groups is 1. The van der Waals surface area contributed by atoms with E-state index in [2.05, 4.69) is 0 Å². The number of sulfone groups is 1.